The summed E-state index contributed by atoms with van der Waals surface area (Å²) in [5.74, 6) is -0.973. The molecule has 142 valence electrons. The Labute approximate surface area is 151 Å². The van der Waals surface area contributed by atoms with Crippen LogP contribution in [-0.2, 0) is 16.2 Å². The molecule has 1 aliphatic rings. The number of aromatic nitrogens is 1. The van der Waals surface area contributed by atoms with Crippen molar-refractivity contribution in [2.45, 2.75) is 23.5 Å². The molecule has 26 heavy (non-hydrogen) atoms. The summed E-state index contributed by atoms with van der Waals surface area (Å²) in [6, 6.07) is 1.94. The highest BCUT2D eigenvalue weighted by atomic mass is 32.2. The minimum absolute atomic E-state index is 0.0117. The molecule has 0 bridgehead atoms. The van der Waals surface area contributed by atoms with Gasteiger partial charge in [-0.05, 0) is 25.1 Å². The molecular weight excluding hydrogens is 394 g/mol. The second-order valence-corrected chi connectivity index (χ2v) is 8.83. The van der Waals surface area contributed by atoms with Crippen LogP contribution >= 0.6 is 11.3 Å². The summed E-state index contributed by atoms with van der Waals surface area (Å²) in [5, 5.41) is 1.54. The van der Waals surface area contributed by atoms with E-state index in [9.17, 15) is 26.0 Å². The number of anilines is 1. The number of sulfonamides is 1. The normalized spacial score (nSPS) is 19.7. The lowest BCUT2D eigenvalue weighted by Crippen LogP contribution is -2.54. The molecule has 0 saturated carbocycles. The first kappa shape index (κ1) is 19.1. The minimum Gasteiger partial charge on any atom is -0.368 e. The summed E-state index contributed by atoms with van der Waals surface area (Å²) in [6.07, 6.45) is -3.32. The largest absolute Gasteiger partial charge is 0.418 e. The molecule has 2 heterocycles. The second kappa shape index (κ2) is 6.78. The summed E-state index contributed by atoms with van der Waals surface area (Å²) in [7, 11) is -3.79. The van der Waals surface area contributed by atoms with Gasteiger partial charge in [0, 0.05) is 42.9 Å². The van der Waals surface area contributed by atoms with Gasteiger partial charge in [-0.1, -0.05) is 0 Å². The van der Waals surface area contributed by atoms with Crippen molar-refractivity contribution in [3.05, 3.63) is 41.2 Å². The van der Waals surface area contributed by atoms with Crippen LogP contribution in [0.3, 0.4) is 0 Å². The molecule has 1 saturated heterocycles. The highest BCUT2D eigenvalue weighted by molar-refractivity contribution is 7.91. The SMILES string of the molecule is C[C@@H]1CN(c2ccc(F)cc2C(F)(F)F)CCN1S(=O)(=O)c1nccs1. The topological polar surface area (TPSA) is 53.5 Å². The standard InChI is InChI=1S/C15H15F4N3O2S2/c1-10-9-21(13-3-2-11(16)8-12(13)15(17,18)19)5-6-22(10)26(23,24)14-20-4-7-25-14/h2-4,7-8,10H,5-6,9H2,1H3/t10-/m1/s1. The summed E-state index contributed by atoms with van der Waals surface area (Å²) in [6.45, 7) is 1.74. The van der Waals surface area contributed by atoms with E-state index in [1.807, 2.05) is 0 Å². The monoisotopic (exact) mass is 409 g/mol. The van der Waals surface area contributed by atoms with E-state index >= 15 is 0 Å². The predicted molar refractivity (Wildman–Crippen MR) is 89.1 cm³/mol. The Morgan fingerprint density at radius 3 is 2.58 bits per heavy atom. The van der Waals surface area contributed by atoms with Crippen molar-refractivity contribution in [3.63, 3.8) is 0 Å². The molecule has 0 amide bonds. The van der Waals surface area contributed by atoms with Crippen LogP contribution in [0.5, 0.6) is 0 Å². The molecule has 1 fully saturated rings. The van der Waals surface area contributed by atoms with Gasteiger partial charge in [0.15, 0.2) is 0 Å². The average molecular weight is 409 g/mol. The molecule has 1 aliphatic heterocycles. The number of hydrogen-bond donors (Lipinski definition) is 0. The van der Waals surface area contributed by atoms with Crippen molar-refractivity contribution >= 4 is 27.0 Å². The molecule has 0 unspecified atom stereocenters. The van der Waals surface area contributed by atoms with Crippen LogP contribution in [0, 0.1) is 5.82 Å². The summed E-state index contributed by atoms with van der Waals surface area (Å²) in [4.78, 5) is 5.25. The molecule has 0 spiro atoms. The third kappa shape index (κ3) is 3.55. The molecule has 1 atom stereocenters. The average Bonchev–Trinajstić information content (AvgIpc) is 3.09. The van der Waals surface area contributed by atoms with Gasteiger partial charge in [0.2, 0.25) is 4.34 Å². The first-order valence-corrected chi connectivity index (χ1v) is 9.95. The Balaban J connectivity index is 1.86. The Morgan fingerprint density at radius 2 is 2.00 bits per heavy atom. The van der Waals surface area contributed by atoms with Gasteiger partial charge < -0.3 is 4.90 Å². The smallest absolute Gasteiger partial charge is 0.368 e. The fourth-order valence-corrected chi connectivity index (χ4v) is 5.52. The maximum Gasteiger partial charge on any atom is 0.418 e. The fourth-order valence-electron chi connectivity index (χ4n) is 2.97. The van der Waals surface area contributed by atoms with Gasteiger partial charge in [-0.15, -0.1) is 11.3 Å². The Kier molecular flexibility index (Phi) is 4.97. The van der Waals surface area contributed by atoms with Crippen molar-refractivity contribution < 1.29 is 26.0 Å². The van der Waals surface area contributed by atoms with Crippen LogP contribution < -0.4 is 4.90 Å². The van der Waals surface area contributed by atoms with Crippen LogP contribution in [0.15, 0.2) is 34.1 Å². The molecule has 1 aromatic heterocycles. The van der Waals surface area contributed by atoms with Crippen LogP contribution in [0.4, 0.5) is 23.2 Å². The third-order valence-corrected chi connectivity index (χ3v) is 7.30. The highest BCUT2D eigenvalue weighted by Gasteiger charge is 2.39. The number of hydrogen-bond acceptors (Lipinski definition) is 5. The highest BCUT2D eigenvalue weighted by Crippen LogP contribution is 2.38. The summed E-state index contributed by atoms with van der Waals surface area (Å²) >= 11 is 0.985. The molecular formula is C15H15F4N3O2S2. The zero-order chi connectivity index (χ0) is 19.1. The second-order valence-electron chi connectivity index (χ2n) is 5.87. The number of piperazine rings is 1. The van der Waals surface area contributed by atoms with Crippen LogP contribution in [0.1, 0.15) is 12.5 Å². The molecule has 0 aliphatic carbocycles. The van der Waals surface area contributed by atoms with E-state index in [-0.39, 0.29) is 29.7 Å². The lowest BCUT2D eigenvalue weighted by molar-refractivity contribution is -0.137. The molecule has 0 N–H and O–H groups in total. The number of benzene rings is 1. The van der Waals surface area contributed by atoms with E-state index in [1.165, 1.54) is 15.4 Å². The van der Waals surface area contributed by atoms with E-state index in [1.54, 1.807) is 12.3 Å². The molecule has 0 radical (unpaired) electrons. The van der Waals surface area contributed by atoms with Gasteiger partial charge in [-0.3, -0.25) is 0 Å². The minimum atomic E-state index is -4.70. The summed E-state index contributed by atoms with van der Waals surface area (Å²) in [5.41, 5.74) is -1.22. The van der Waals surface area contributed by atoms with Crippen molar-refractivity contribution in [3.8, 4) is 0 Å². The van der Waals surface area contributed by atoms with Crippen LogP contribution in [-0.4, -0.2) is 43.4 Å². The van der Waals surface area contributed by atoms with E-state index in [4.69, 9.17) is 0 Å². The summed E-state index contributed by atoms with van der Waals surface area (Å²) < 4.78 is 79.3. The number of rotatable bonds is 3. The fraction of sp³-hybridized carbons (Fsp3) is 0.400. The van der Waals surface area contributed by atoms with Crippen LogP contribution in [0.25, 0.3) is 0 Å². The van der Waals surface area contributed by atoms with E-state index in [2.05, 4.69) is 4.98 Å². The van der Waals surface area contributed by atoms with Gasteiger partial charge in [-0.2, -0.15) is 17.5 Å². The Morgan fingerprint density at radius 1 is 1.27 bits per heavy atom. The van der Waals surface area contributed by atoms with Gasteiger partial charge >= 0.3 is 6.18 Å². The lowest BCUT2D eigenvalue weighted by atomic mass is 10.1. The maximum absolute atomic E-state index is 13.3. The van der Waals surface area contributed by atoms with Crippen molar-refractivity contribution in [2.24, 2.45) is 0 Å². The van der Waals surface area contributed by atoms with Gasteiger partial charge in [0.1, 0.15) is 5.82 Å². The number of halogens is 4. The van der Waals surface area contributed by atoms with Gasteiger partial charge in [0.05, 0.1) is 5.56 Å². The van der Waals surface area contributed by atoms with Crippen molar-refractivity contribution in [1.29, 1.82) is 0 Å². The number of thiazole rings is 1. The molecule has 3 rings (SSSR count). The maximum atomic E-state index is 13.3. The van der Waals surface area contributed by atoms with Gasteiger partial charge in [-0.25, -0.2) is 17.8 Å². The zero-order valence-electron chi connectivity index (χ0n) is 13.6. The van der Waals surface area contributed by atoms with E-state index in [0.29, 0.717) is 6.07 Å². The molecule has 11 heteroatoms. The quantitative estimate of drug-likeness (QED) is 0.731. The van der Waals surface area contributed by atoms with Crippen LogP contribution in [0.2, 0.25) is 0 Å². The van der Waals surface area contributed by atoms with Crippen molar-refractivity contribution in [1.82, 2.24) is 9.29 Å². The molecule has 5 nitrogen and oxygen atoms in total. The van der Waals surface area contributed by atoms with E-state index in [0.717, 1.165) is 23.5 Å². The third-order valence-electron chi connectivity index (χ3n) is 4.11. The van der Waals surface area contributed by atoms with Crippen molar-refractivity contribution in [2.75, 3.05) is 24.5 Å². The number of nitrogens with zero attached hydrogens (tertiary/aromatic N) is 3. The predicted octanol–water partition coefficient (Wildman–Crippen LogP) is 3.20. The Hall–Kier alpha value is -1.72. The lowest BCUT2D eigenvalue weighted by Gasteiger charge is -2.40. The first-order valence-electron chi connectivity index (χ1n) is 7.64. The van der Waals surface area contributed by atoms with Gasteiger partial charge in [0.25, 0.3) is 10.0 Å². The number of alkyl halides is 3. The first-order chi connectivity index (χ1) is 12.1. The molecule has 1 aromatic carbocycles. The Bertz CT molecular complexity index is 885. The molecule has 2 aromatic rings. The zero-order valence-corrected chi connectivity index (χ0v) is 15.2. The van der Waals surface area contributed by atoms with E-state index < -0.39 is 33.6 Å².